The van der Waals surface area contributed by atoms with Crippen molar-refractivity contribution in [2.24, 2.45) is 0 Å². The molecule has 1 aromatic rings. The summed E-state index contributed by atoms with van der Waals surface area (Å²) < 4.78 is 0. The van der Waals surface area contributed by atoms with E-state index in [0.717, 1.165) is 19.0 Å². The first kappa shape index (κ1) is 11.8. The summed E-state index contributed by atoms with van der Waals surface area (Å²) in [7, 11) is 0. The molecule has 1 atom stereocenters. The number of piperazine rings is 1. The molecular formula is C11H18N4S2. The summed E-state index contributed by atoms with van der Waals surface area (Å²) in [5, 5.41) is 6.78. The fourth-order valence-corrected chi connectivity index (χ4v) is 4.04. The Morgan fingerprint density at radius 1 is 1.35 bits per heavy atom. The molecule has 4 nitrogen and oxygen atoms in total. The smallest absolute Gasteiger partial charge is 0.185 e. The molecule has 1 unspecified atom stereocenters. The van der Waals surface area contributed by atoms with E-state index in [2.05, 4.69) is 25.5 Å². The zero-order valence-corrected chi connectivity index (χ0v) is 11.5. The fourth-order valence-electron chi connectivity index (χ4n) is 2.36. The first-order valence-corrected chi connectivity index (χ1v) is 8.13. The van der Waals surface area contributed by atoms with Crippen LogP contribution in [0.15, 0.2) is 11.6 Å². The van der Waals surface area contributed by atoms with Crippen molar-refractivity contribution < 1.29 is 0 Å². The molecule has 3 heterocycles. The molecule has 2 saturated heterocycles. The van der Waals surface area contributed by atoms with E-state index in [0.29, 0.717) is 6.04 Å². The Kier molecular flexibility index (Phi) is 3.85. The van der Waals surface area contributed by atoms with Crippen LogP contribution in [0.3, 0.4) is 0 Å². The molecule has 0 saturated carbocycles. The zero-order valence-electron chi connectivity index (χ0n) is 9.84. The van der Waals surface area contributed by atoms with Crippen LogP contribution in [-0.4, -0.2) is 60.3 Å². The van der Waals surface area contributed by atoms with Crippen LogP contribution in [0.5, 0.6) is 0 Å². The number of anilines is 1. The van der Waals surface area contributed by atoms with Crippen LogP contribution in [0.4, 0.5) is 5.13 Å². The molecular weight excluding hydrogens is 252 g/mol. The average Bonchev–Trinajstić information content (AvgIpc) is 3.01. The molecule has 0 aromatic carbocycles. The van der Waals surface area contributed by atoms with E-state index in [9.17, 15) is 0 Å². The number of aromatic nitrogens is 1. The van der Waals surface area contributed by atoms with Crippen molar-refractivity contribution in [2.45, 2.75) is 6.04 Å². The number of thiazole rings is 1. The first-order chi connectivity index (χ1) is 8.42. The van der Waals surface area contributed by atoms with Crippen molar-refractivity contribution >= 4 is 28.2 Å². The predicted molar refractivity (Wildman–Crippen MR) is 75.0 cm³/mol. The van der Waals surface area contributed by atoms with Crippen molar-refractivity contribution in [1.82, 2.24) is 15.2 Å². The third kappa shape index (κ3) is 2.93. The molecule has 1 N–H and O–H groups in total. The van der Waals surface area contributed by atoms with Gasteiger partial charge in [0.2, 0.25) is 0 Å². The minimum Gasteiger partial charge on any atom is -0.346 e. The van der Waals surface area contributed by atoms with Gasteiger partial charge < -0.3 is 10.2 Å². The van der Waals surface area contributed by atoms with Gasteiger partial charge in [-0.15, -0.1) is 23.1 Å². The number of hydrogen-bond acceptors (Lipinski definition) is 6. The first-order valence-electron chi connectivity index (χ1n) is 6.10. The van der Waals surface area contributed by atoms with Crippen LogP contribution >= 0.6 is 23.1 Å². The maximum Gasteiger partial charge on any atom is 0.185 e. The number of hydrogen-bond donors (Lipinski definition) is 1. The van der Waals surface area contributed by atoms with Gasteiger partial charge in [-0.05, 0) is 0 Å². The number of thioether (sulfide) groups is 1. The molecule has 0 bridgehead atoms. The maximum atomic E-state index is 4.38. The third-order valence-corrected chi connectivity index (χ3v) is 5.17. The van der Waals surface area contributed by atoms with Crippen LogP contribution < -0.4 is 10.2 Å². The Labute approximate surface area is 110 Å². The topological polar surface area (TPSA) is 31.4 Å². The van der Waals surface area contributed by atoms with Gasteiger partial charge in [0.05, 0.1) is 0 Å². The SMILES string of the molecule is c1csc(N2CCN(CC3CSCN3)CC2)n1. The lowest BCUT2D eigenvalue weighted by molar-refractivity contribution is 0.240. The van der Waals surface area contributed by atoms with Gasteiger partial charge >= 0.3 is 0 Å². The molecule has 6 heteroatoms. The third-order valence-electron chi connectivity index (χ3n) is 3.33. The lowest BCUT2D eigenvalue weighted by Gasteiger charge is -2.35. The lowest BCUT2D eigenvalue weighted by atomic mass is 10.2. The summed E-state index contributed by atoms with van der Waals surface area (Å²) in [4.78, 5) is 9.36. The fraction of sp³-hybridized carbons (Fsp3) is 0.727. The highest BCUT2D eigenvalue weighted by Gasteiger charge is 2.22. The minimum absolute atomic E-state index is 0.700. The van der Waals surface area contributed by atoms with Crippen molar-refractivity contribution in [2.75, 3.05) is 49.3 Å². The zero-order chi connectivity index (χ0) is 11.5. The summed E-state index contributed by atoms with van der Waals surface area (Å²) in [5.41, 5.74) is 0. The van der Waals surface area contributed by atoms with Crippen molar-refractivity contribution in [3.8, 4) is 0 Å². The van der Waals surface area contributed by atoms with Gasteiger partial charge in [0.15, 0.2) is 5.13 Å². The van der Waals surface area contributed by atoms with Gasteiger partial charge in [-0.1, -0.05) is 0 Å². The second-order valence-electron chi connectivity index (χ2n) is 4.52. The largest absolute Gasteiger partial charge is 0.346 e. The Hall–Kier alpha value is -0.300. The number of rotatable bonds is 3. The minimum atomic E-state index is 0.700. The molecule has 0 amide bonds. The predicted octanol–water partition coefficient (Wildman–Crippen LogP) is 0.928. The Morgan fingerprint density at radius 3 is 2.88 bits per heavy atom. The highest BCUT2D eigenvalue weighted by molar-refractivity contribution is 7.99. The van der Waals surface area contributed by atoms with E-state index < -0.39 is 0 Å². The number of nitrogens with one attached hydrogen (secondary N) is 1. The van der Waals surface area contributed by atoms with Crippen LogP contribution in [0.2, 0.25) is 0 Å². The molecule has 17 heavy (non-hydrogen) atoms. The lowest BCUT2D eigenvalue weighted by Crippen LogP contribution is -2.50. The summed E-state index contributed by atoms with van der Waals surface area (Å²) in [6.07, 6.45) is 1.89. The highest BCUT2D eigenvalue weighted by atomic mass is 32.2. The van der Waals surface area contributed by atoms with E-state index in [-0.39, 0.29) is 0 Å². The van der Waals surface area contributed by atoms with Crippen LogP contribution in [-0.2, 0) is 0 Å². The Bertz CT molecular complexity index is 329. The molecule has 0 spiro atoms. The van der Waals surface area contributed by atoms with Gasteiger partial charge in [-0.25, -0.2) is 4.98 Å². The van der Waals surface area contributed by atoms with Gasteiger partial charge in [0, 0.05) is 62.0 Å². The van der Waals surface area contributed by atoms with Gasteiger partial charge in [0.25, 0.3) is 0 Å². The van der Waals surface area contributed by atoms with Gasteiger partial charge in [-0.2, -0.15) is 0 Å². The van der Waals surface area contributed by atoms with Gasteiger partial charge in [-0.3, -0.25) is 4.90 Å². The summed E-state index contributed by atoms with van der Waals surface area (Å²) in [6.45, 7) is 5.78. The molecule has 2 fully saturated rings. The molecule has 0 radical (unpaired) electrons. The van der Waals surface area contributed by atoms with E-state index in [4.69, 9.17) is 0 Å². The molecule has 94 valence electrons. The van der Waals surface area contributed by atoms with E-state index in [1.54, 1.807) is 11.3 Å². The summed E-state index contributed by atoms with van der Waals surface area (Å²) in [5.74, 6) is 2.40. The van der Waals surface area contributed by atoms with Crippen LogP contribution in [0.25, 0.3) is 0 Å². The van der Waals surface area contributed by atoms with Gasteiger partial charge in [0.1, 0.15) is 0 Å². The molecule has 0 aliphatic carbocycles. The maximum absolute atomic E-state index is 4.38. The highest BCUT2D eigenvalue weighted by Crippen LogP contribution is 2.19. The summed E-state index contributed by atoms with van der Waals surface area (Å²) in [6, 6.07) is 0.700. The second-order valence-corrected chi connectivity index (χ2v) is 6.42. The second kappa shape index (κ2) is 5.56. The van der Waals surface area contributed by atoms with Crippen molar-refractivity contribution in [3.05, 3.63) is 11.6 Å². The quantitative estimate of drug-likeness (QED) is 0.883. The average molecular weight is 270 g/mol. The van der Waals surface area contributed by atoms with Crippen molar-refractivity contribution in [3.63, 3.8) is 0 Å². The summed E-state index contributed by atoms with van der Waals surface area (Å²) >= 11 is 3.76. The van der Waals surface area contributed by atoms with Crippen LogP contribution in [0, 0.1) is 0 Å². The normalized spacial score (nSPS) is 26.6. The van der Waals surface area contributed by atoms with E-state index in [1.807, 2.05) is 18.0 Å². The van der Waals surface area contributed by atoms with E-state index >= 15 is 0 Å². The van der Waals surface area contributed by atoms with Crippen molar-refractivity contribution in [1.29, 1.82) is 0 Å². The Balaban J connectivity index is 1.47. The molecule has 2 aliphatic heterocycles. The molecule has 3 rings (SSSR count). The monoisotopic (exact) mass is 270 g/mol. The number of nitrogens with zero attached hydrogens (tertiary/aromatic N) is 3. The standard InChI is InChI=1S/C11H18N4S2/c1-6-17-11(12-1)15-4-2-14(3-5-15)7-10-8-16-9-13-10/h1,6,10,13H,2-5,7-9H2. The molecule has 1 aromatic heterocycles. The van der Waals surface area contributed by atoms with Crippen LogP contribution in [0.1, 0.15) is 0 Å². The Morgan fingerprint density at radius 2 is 2.24 bits per heavy atom. The molecule has 2 aliphatic rings. The van der Waals surface area contributed by atoms with E-state index in [1.165, 1.54) is 30.5 Å².